The van der Waals surface area contributed by atoms with Gasteiger partial charge in [0, 0.05) is 18.5 Å². The van der Waals surface area contributed by atoms with Crippen molar-refractivity contribution < 1.29 is 9.53 Å². The maximum Gasteiger partial charge on any atom is 0.228 e. The SMILES string of the molecule is CCc1cccc(Oc2ccc(NC(=O)C(C)CNC)cn2)c1.Cl.Cl. The summed E-state index contributed by atoms with van der Waals surface area (Å²) in [7, 11) is 1.82. The largest absolute Gasteiger partial charge is 0.439 e. The molecule has 1 atom stereocenters. The molecule has 0 saturated carbocycles. The molecule has 5 nitrogen and oxygen atoms in total. The molecule has 1 aromatic heterocycles. The topological polar surface area (TPSA) is 63.2 Å². The summed E-state index contributed by atoms with van der Waals surface area (Å²) in [5.41, 5.74) is 1.87. The third-order valence-corrected chi connectivity index (χ3v) is 3.49. The second-order valence-electron chi connectivity index (χ2n) is 5.44. The average Bonchev–Trinajstić information content (AvgIpc) is 2.57. The first-order valence-corrected chi connectivity index (χ1v) is 7.80. The van der Waals surface area contributed by atoms with Crippen molar-refractivity contribution in [2.75, 3.05) is 18.9 Å². The van der Waals surface area contributed by atoms with Crippen molar-refractivity contribution in [1.82, 2.24) is 10.3 Å². The molecule has 0 aliphatic carbocycles. The van der Waals surface area contributed by atoms with Gasteiger partial charge in [-0.1, -0.05) is 26.0 Å². The van der Waals surface area contributed by atoms with Gasteiger partial charge in [-0.2, -0.15) is 0 Å². The molecule has 2 aromatic rings. The van der Waals surface area contributed by atoms with E-state index in [0.717, 1.165) is 12.2 Å². The second-order valence-corrected chi connectivity index (χ2v) is 5.44. The van der Waals surface area contributed by atoms with Crippen LogP contribution in [0.25, 0.3) is 0 Å². The summed E-state index contributed by atoms with van der Waals surface area (Å²) < 4.78 is 5.73. The van der Waals surface area contributed by atoms with Crippen molar-refractivity contribution in [3.63, 3.8) is 0 Å². The predicted molar refractivity (Wildman–Crippen MR) is 106 cm³/mol. The highest BCUT2D eigenvalue weighted by atomic mass is 35.5. The Hall–Kier alpha value is -1.82. The van der Waals surface area contributed by atoms with Crippen molar-refractivity contribution in [2.24, 2.45) is 5.92 Å². The van der Waals surface area contributed by atoms with Crippen molar-refractivity contribution in [2.45, 2.75) is 20.3 Å². The Kier molecular flexibility index (Phi) is 10.8. The molecule has 1 unspecified atom stereocenters. The summed E-state index contributed by atoms with van der Waals surface area (Å²) in [6.07, 6.45) is 2.56. The van der Waals surface area contributed by atoms with Crippen molar-refractivity contribution >= 4 is 36.4 Å². The fourth-order valence-electron chi connectivity index (χ4n) is 2.13. The number of halogens is 2. The van der Waals surface area contributed by atoms with Gasteiger partial charge in [0.1, 0.15) is 5.75 Å². The minimum absolute atomic E-state index is 0. The first-order valence-electron chi connectivity index (χ1n) is 7.80. The van der Waals surface area contributed by atoms with Crippen LogP contribution in [0, 0.1) is 5.92 Å². The zero-order valence-corrected chi connectivity index (χ0v) is 16.2. The molecule has 0 aliphatic rings. The number of aryl methyl sites for hydroxylation is 1. The van der Waals surface area contributed by atoms with Crippen LogP contribution in [0.15, 0.2) is 42.6 Å². The molecule has 1 amide bonds. The van der Waals surface area contributed by atoms with Crippen LogP contribution in [0.3, 0.4) is 0 Å². The van der Waals surface area contributed by atoms with Gasteiger partial charge in [0.25, 0.3) is 0 Å². The molecule has 0 bridgehead atoms. The second kappa shape index (κ2) is 11.7. The Morgan fingerprint density at radius 3 is 2.60 bits per heavy atom. The Balaban J connectivity index is 0.00000288. The lowest BCUT2D eigenvalue weighted by atomic mass is 10.1. The summed E-state index contributed by atoms with van der Waals surface area (Å²) in [6, 6.07) is 11.5. The Morgan fingerprint density at radius 2 is 2.00 bits per heavy atom. The van der Waals surface area contributed by atoms with E-state index < -0.39 is 0 Å². The van der Waals surface area contributed by atoms with Gasteiger partial charge < -0.3 is 15.4 Å². The van der Waals surface area contributed by atoms with Gasteiger partial charge >= 0.3 is 0 Å². The lowest BCUT2D eigenvalue weighted by molar-refractivity contribution is -0.119. The van der Waals surface area contributed by atoms with Crippen LogP contribution in [-0.2, 0) is 11.2 Å². The van der Waals surface area contributed by atoms with Gasteiger partial charge in [-0.15, -0.1) is 24.8 Å². The highest BCUT2D eigenvalue weighted by Gasteiger charge is 2.12. The van der Waals surface area contributed by atoms with E-state index in [1.807, 2.05) is 32.2 Å². The number of benzene rings is 1. The zero-order valence-electron chi connectivity index (χ0n) is 14.6. The van der Waals surface area contributed by atoms with Gasteiger partial charge in [-0.3, -0.25) is 4.79 Å². The number of rotatable bonds is 7. The van der Waals surface area contributed by atoms with Crippen molar-refractivity contribution in [1.29, 1.82) is 0 Å². The fraction of sp³-hybridized carbons (Fsp3) is 0.333. The molecule has 0 radical (unpaired) electrons. The number of nitrogens with one attached hydrogen (secondary N) is 2. The fourth-order valence-corrected chi connectivity index (χ4v) is 2.13. The number of anilines is 1. The number of pyridine rings is 1. The Morgan fingerprint density at radius 1 is 1.24 bits per heavy atom. The van der Waals surface area contributed by atoms with E-state index >= 15 is 0 Å². The Labute approximate surface area is 161 Å². The number of ether oxygens (including phenoxy) is 1. The molecular weight excluding hydrogens is 361 g/mol. The number of carbonyl (C=O) groups excluding carboxylic acids is 1. The van der Waals surface area contributed by atoms with Gasteiger partial charge in [-0.25, -0.2) is 4.98 Å². The highest BCUT2D eigenvalue weighted by molar-refractivity contribution is 5.92. The molecule has 0 saturated heterocycles. The molecule has 0 aliphatic heterocycles. The monoisotopic (exact) mass is 385 g/mol. The summed E-state index contributed by atoms with van der Waals surface area (Å²) in [5.74, 6) is 1.12. The van der Waals surface area contributed by atoms with Crippen molar-refractivity contribution in [3.8, 4) is 11.6 Å². The molecule has 0 spiro atoms. The standard InChI is InChI=1S/C18H23N3O2.2ClH/c1-4-14-6-5-7-16(10-14)23-17-9-8-15(12-20-17)21-18(22)13(2)11-19-3;;/h5-10,12-13,19H,4,11H2,1-3H3,(H,21,22);2*1H. The van der Waals surface area contributed by atoms with Crippen LogP contribution in [0.1, 0.15) is 19.4 Å². The van der Waals surface area contributed by atoms with E-state index in [1.165, 1.54) is 5.56 Å². The molecule has 0 fully saturated rings. The van der Waals surface area contributed by atoms with Gasteiger partial charge in [0.15, 0.2) is 0 Å². The molecule has 2 N–H and O–H groups in total. The van der Waals surface area contributed by atoms with Crippen LogP contribution in [0.2, 0.25) is 0 Å². The molecule has 1 heterocycles. The van der Waals surface area contributed by atoms with Crippen LogP contribution in [0.5, 0.6) is 11.6 Å². The number of amides is 1. The van der Waals surface area contributed by atoms with Crippen LogP contribution in [-0.4, -0.2) is 24.5 Å². The minimum atomic E-state index is -0.104. The average molecular weight is 386 g/mol. The molecular formula is C18H25Cl2N3O2. The Bertz CT molecular complexity index is 651. The molecule has 7 heteroatoms. The first-order chi connectivity index (χ1) is 11.1. The number of nitrogens with zero attached hydrogens (tertiary/aromatic N) is 1. The summed E-state index contributed by atoms with van der Waals surface area (Å²) >= 11 is 0. The first kappa shape index (κ1) is 23.2. The molecule has 2 rings (SSSR count). The normalized spacial score (nSPS) is 10.8. The molecule has 25 heavy (non-hydrogen) atoms. The smallest absolute Gasteiger partial charge is 0.228 e. The quantitative estimate of drug-likeness (QED) is 0.753. The molecule has 1 aromatic carbocycles. The third-order valence-electron chi connectivity index (χ3n) is 3.49. The van der Waals surface area contributed by atoms with E-state index in [-0.39, 0.29) is 36.6 Å². The van der Waals surface area contributed by atoms with E-state index in [9.17, 15) is 4.79 Å². The maximum atomic E-state index is 11.9. The van der Waals surface area contributed by atoms with Crippen LogP contribution < -0.4 is 15.4 Å². The van der Waals surface area contributed by atoms with Crippen LogP contribution >= 0.6 is 24.8 Å². The van der Waals surface area contributed by atoms with Crippen molar-refractivity contribution in [3.05, 3.63) is 48.2 Å². The number of hydrogen-bond donors (Lipinski definition) is 2. The summed E-state index contributed by atoms with van der Waals surface area (Å²) in [6.45, 7) is 4.61. The highest BCUT2D eigenvalue weighted by Crippen LogP contribution is 2.21. The zero-order chi connectivity index (χ0) is 16.7. The number of aromatic nitrogens is 1. The summed E-state index contributed by atoms with van der Waals surface area (Å²) in [5, 5.41) is 5.82. The maximum absolute atomic E-state index is 11.9. The predicted octanol–water partition coefficient (Wildman–Crippen LogP) is 4.07. The van der Waals surface area contributed by atoms with E-state index in [1.54, 1.807) is 18.3 Å². The van der Waals surface area contributed by atoms with Crippen LogP contribution in [0.4, 0.5) is 5.69 Å². The lowest BCUT2D eigenvalue weighted by Gasteiger charge is -2.12. The van der Waals surface area contributed by atoms with E-state index in [4.69, 9.17) is 4.74 Å². The molecule has 138 valence electrons. The third kappa shape index (κ3) is 7.30. The number of hydrogen-bond acceptors (Lipinski definition) is 4. The minimum Gasteiger partial charge on any atom is -0.439 e. The van der Waals surface area contributed by atoms with Gasteiger partial charge in [-0.05, 0) is 37.2 Å². The van der Waals surface area contributed by atoms with Gasteiger partial charge in [0.2, 0.25) is 11.8 Å². The lowest BCUT2D eigenvalue weighted by Crippen LogP contribution is -2.28. The van der Waals surface area contributed by atoms with E-state index in [2.05, 4.69) is 28.6 Å². The van der Waals surface area contributed by atoms with E-state index in [0.29, 0.717) is 18.1 Å². The number of carbonyl (C=O) groups is 1. The summed E-state index contributed by atoms with van der Waals surface area (Å²) in [4.78, 5) is 16.2. The van der Waals surface area contributed by atoms with Gasteiger partial charge in [0.05, 0.1) is 11.9 Å².